The Hall–Kier alpha value is -1.39. The standard InChI is InChI=1S/C14H17N3O.ClH/c15-14(9-5-2-6-10-14)13-16-12(17-18-13)11-7-3-1-4-8-11;/h1,3-4,7-8H,2,5-6,9-10,15H2;1H. The van der Waals surface area contributed by atoms with E-state index in [9.17, 15) is 0 Å². The molecule has 5 heteroatoms. The Morgan fingerprint density at radius 1 is 1.05 bits per heavy atom. The molecule has 1 heterocycles. The van der Waals surface area contributed by atoms with Gasteiger partial charge in [0, 0.05) is 5.56 Å². The largest absolute Gasteiger partial charge is 0.337 e. The van der Waals surface area contributed by atoms with E-state index in [1.807, 2.05) is 30.3 Å². The predicted molar refractivity (Wildman–Crippen MR) is 75.9 cm³/mol. The average Bonchev–Trinajstić information content (AvgIpc) is 2.91. The third kappa shape index (κ3) is 2.80. The van der Waals surface area contributed by atoms with Crippen LogP contribution in [-0.2, 0) is 5.54 Å². The van der Waals surface area contributed by atoms with Crippen LogP contribution in [0.3, 0.4) is 0 Å². The maximum absolute atomic E-state index is 6.38. The van der Waals surface area contributed by atoms with Crippen LogP contribution in [0, 0.1) is 0 Å². The molecule has 1 aliphatic carbocycles. The van der Waals surface area contributed by atoms with Crippen molar-refractivity contribution in [3.05, 3.63) is 36.2 Å². The van der Waals surface area contributed by atoms with Crippen LogP contribution in [0.1, 0.15) is 38.0 Å². The van der Waals surface area contributed by atoms with Crippen LogP contribution in [-0.4, -0.2) is 10.1 Å². The van der Waals surface area contributed by atoms with Crippen molar-refractivity contribution in [2.24, 2.45) is 5.73 Å². The SMILES string of the molecule is Cl.NC1(c2nc(-c3ccccc3)no2)CCCCC1. The topological polar surface area (TPSA) is 64.9 Å². The van der Waals surface area contributed by atoms with Gasteiger partial charge >= 0.3 is 0 Å². The lowest BCUT2D eigenvalue weighted by Gasteiger charge is -2.29. The second kappa shape index (κ2) is 5.72. The molecule has 0 unspecified atom stereocenters. The zero-order valence-corrected chi connectivity index (χ0v) is 11.5. The molecule has 2 N–H and O–H groups in total. The van der Waals surface area contributed by atoms with Crippen molar-refractivity contribution in [2.45, 2.75) is 37.6 Å². The van der Waals surface area contributed by atoms with E-state index in [2.05, 4.69) is 10.1 Å². The quantitative estimate of drug-likeness (QED) is 0.916. The van der Waals surface area contributed by atoms with Crippen LogP contribution in [0.5, 0.6) is 0 Å². The van der Waals surface area contributed by atoms with Crippen molar-refractivity contribution in [3.63, 3.8) is 0 Å². The summed E-state index contributed by atoms with van der Waals surface area (Å²) in [7, 11) is 0. The summed E-state index contributed by atoms with van der Waals surface area (Å²) in [5.41, 5.74) is 6.92. The molecular weight excluding hydrogens is 262 g/mol. The number of halogens is 1. The van der Waals surface area contributed by atoms with Crippen LogP contribution in [0.15, 0.2) is 34.9 Å². The second-order valence-corrected chi connectivity index (χ2v) is 5.01. The minimum Gasteiger partial charge on any atom is -0.337 e. The van der Waals surface area contributed by atoms with Crippen LogP contribution in [0.25, 0.3) is 11.4 Å². The van der Waals surface area contributed by atoms with E-state index in [4.69, 9.17) is 10.3 Å². The molecule has 0 amide bonds. The predicted octanol–water partition coefficient (Wildman–Crippen LogP) is 3.28. The molecule has 0 radical (unpaired) electrons. The van der Waals surface area contributed by atoms with Crippen molar-refractivity contribution in [1.29, 1.82) is 0 Å². The van der Waals surface area contributed by atoms with Crippen LogP contribution in [0.2, 0.25) is 0 Å². The summed E-state index contributed by atoms with van der Waals surface area (Å²) < 4.78 is 5.38. The molecular formula is C14H18ClN3O. The number of benzene rings is 1. The summed E-state index contributed by atoms with van der Waals surface area (Å²) in [5, 5.41) is 4.04. The van der Waals surface area contributed by atoms with E-state index < -0.39 is 5.54 Å². The molecule has 4 nitrogen and oxygen atoms in total. The summed E-state index contributed by atoms with van der Waals surface area (Å²) in [5.74, 6) is 1.21. The van der Waals surface area contributed by atoms with Crippen molar-refractivity contribution in [2.75, 3.05) is 0 Å². The third-order valence-electron chi connectivity index (χ3n) is 3.63. The van der Waals surface area contributed by atoms with Gasteiger partial charge in [-0.1, -0.05) is 54.8 Å². The number of aromatic nitrogens is 2. The van der Waals surface area contributed by atoms with E-state index >= 15 is 0 Å². The minimum absolute atomic E-state index is 0. The molecule has 1 fully saturated rings. The monoisotopic (exact) mass is 279 g/mol. The summed E-state index contributed by atoms with van der Waals surface area (Å²) >= 11 is 0. The van der Waals surface area contributed by atoms with E-state index in [1.165, 1.54) is 6.42 Å². The fourth-order valence-corrected chi connectivity index (χ4v) is 2.53. The fraction of sp³-hybridized carbons (Fsp3) is 0.429. The molecule has 3 rings (SSSR count). The summed E-state index contributed by atoms with van der Waals surface area (Å²) in [6.45, 7) is 0. The first-order valence-electron chi connectivity index (χ1n) is 6.46. The molecule has 0 spiro atoms. The van der Waals surface area contributed by atoms with Crippen LogP contribution < -0.4 is 5.73 Å². The van der Waals surface area contributed by atoms with Crippen molar-refractivity contribution >= 4 is 12.4 Å². The van der Waals surface area contributed by atoms with Gasteiger partial charge < -0.3 is 10.3 Å². The Kier molecular flexibility index (Phi) is 4.22. The lowest BCUT2D eigenvalue weighted by Crippen LogP contribution is -2.38. The Bertz CT molecular complexity index is 520. The Labute approximate surface area is 118 Å². The molecule has 102 valence electrons. The number of hydrogen-bond donors (Lipinski definition) is 1. The summed E-state index contributed by atoms with van der Waals surface area (Å²) in [4.78, 5) is 4.47. The number of nitrogens with two attached hydrogens (primary N) is 1. The van der Waals surface area contributed by atoms with Gasteiger partial charge in [0.05, 0.1) is 5.54 Å². The van der Waals surface area contributed by atoms with E-state index in [0.29, 0.717) is 11.7 Å². The molecule has 1 saturated carbocycles. The van der Waals surface area contributed by atoms with Crippen LogP contribution >= 0.6 is 12.4 Å². The van der Waals surface area contributed by atoms with Gasteiger partial charge in [-0.2, -0.15) is 4.98 Å². The van der Waals surface area contributed by atoms with Gasteiger partial charge in [0.1, 0.15) is 0 Å². The first kappa shape index (κ1) is 14.0. The second-order valence-electron chi connectivity index (χ2n) is 5.01. The maximum Gasteiger partial charge on any atom is 0.247 e. The van der Waals surface area contributed by atoms with Gasteiger partial charge in [0.25, 0.3) is 0 Å². The highest BCUT2D eigenvalue weighted by Gasteiger charge is 2.35. The van der Waals surface area contributed by atoms with Gasteiger partial charge in [-0.3, -0.25) is 0 Å². The van der Waals surface area contributed by atoms with Crippen molar-refractivity contribution < 1.29 is 4.52 Å². The highest BCUT2D eigenvalue weighted by Crippen LogP contribution is 2.34. The molecule has 19 heavy (non-hydrogen) atoms. The van der Waals surface area contributed by atoms with Gasteiger partial charge in [-0.25, -0.2) is 0 Å². The molecule has 0 atom stereocenters. The zero-order chi connectivity index (χ0) is 12.4. The first-order chi connectivity index (χ1) is 8.78. The Morgan fingerprint density at radius 3 is 2.42 bits per heavy atom. The van der Waals surface area contributed by atoms with E-state index in [1.54, 1.807) is 0 Å². The van der Waals surface area contributed by atoms with Gasteiger partial charge in [0.15, 0.2) is 0 Å². The minimum atomic E-state index is -0.418. The Morgan fingerprint density at radius 2 is 1.74 bits per heavy atom. The first-order valence-corrected chi connectivity index (χ1v) is 6.46. The lowest BCUT2D eigenvalue weighted by atomic mass is 9.82. The third-order valence-corrected chi connectivity index (χ3v) is 3.63. The zero-order valence-electron chi connectivity index (χ0n) is 10.7. The van der Waals surface area contributed by atoms with E-state index in [0.717, 1.165) is 31.2 Å². The highest BCUT2D eigenvalue weighted by atomic mass is 35.5. The van der Waals surface area contributed by atoms with E-state index in [-0.39, 0.29) is 12.4 Å². The van der Waals surface area contributed by atoms with Gasteiger partial charge in [-0.05, 0) is 12.8 Å². The van der Waals surface area contributed by atoms with Crippen molar-refractivity contribution in [1.82, 2.24) is 10.1 Å². The summed E-state index contributed by atoms with van der Waals surface area (Å²) in [6.07, 6.45) is 5.39. The molecule has 1 aliphatic rings. The Balaban J connectivity index is 0.00000133. The molecule has 1 aromatic heterocycles. The smallest absolute Gasteiger partial charge is 0.247 e. The molecule has 0 aliphatic heterocycles. The number of hydrogen-bond acceptors (Lipinski definition) is 4. The number of rotatable bonds is 2. The fourth-order valence-electron chi connectivity index (χ4n) is 2.53. The molecule has 2 aromatic rings. The normalized spacial score (nSPS) is 17.7. The van der Waals surface area contributed by atoms with Gasteiger partial charge in [-0.15, -0.1) is 12.4 Å². The van der Waals surface area contributed by atoms with Gasteiger partial charge in [0.2, 0.25) is 11.7 Å². The number of nitrogens with zero attached hydrogens (tertiary/aromatic N) is 2. The maximum atomic E-state index is 6.38. The van der Waals surface area contributed by atoms with Crippen LogP contribution in [0.4, 0.5) is 0 Å². The lowest BCUT2D eigenvalue weighted by molar-refractivity contribution is 0.220. The average molecular weight is 280 g/mol. The summed E-state index contributed by atoms with van der Waals surface area (Å²) in [6, 6.07) is 9.84. The molecule has 0 saturated heterocycles. The highest BCUT2D eigenvalue weighted by molar-refractivity contribution is 5.85. The molecule has 1 aromatic carbocycles. The molecule has 0 bridgehead atoms. The van der Waals surface area contributed by atoms with Crippen molar-refractivity contribution in [3.8, 4) is 11.4 Å².